The Balaban J connectivity index is 1.31. The van der Waals surface area contributed by atoms with Gasteiger partial charge in [-0.15, -0.1) is 0 Å². The number of nitrogens with zero attached hydrogens (tertiary/aromatic N) is 2. The third-order valence-electron chi connectivity index (χ3n) is 5.58. The minimum Gasteiger partial charge on any atom is -0.371 e. The van der Waals surface area contributed by atoms with Crippen LogP contribution in [-0.2, 0) is 30.6 Å². The summed E-state index contributed by atoms with van der Waals surface area (Å²) in [7, 11) is 0. The van der Waals surface area contributed by atoms with Gasteiger partial charge in [-0.1, -0.05) is 23.7 Å². The maximum Gasteiger partial charge on any atom is 0.220 e. The molecule has 0 spiro atoms. The summed E-state index contributed by atoms with van der Waals surface area (Å²) >= 11 is 5.89. The summed E-state index contributed by atoms with van der Waals surface area (Å²) in [5.74, 6) is 0.0955. The molecule has 1 amide bonds. The largest absolute Gasteiger partial charge is 0.371 e. The minimum absolute atomic E-state index is 0.0955. The molecule has 2 aliphatic rings. The van der Waals surface area contributed by atoms with Gasteiger partial charge in [-0.2, -0.15) is 0 Å². The van der Waals surface area contributed by atoms with Crippen LogP contribution < -0.4 is 10.2 Å². The first-order valence-corrected chi connectivity index (χ1v) is 10.3. The Morgan fingerprint density at radius 1 is 1.15 bits per heavy atom. The highest BCUT2D eigenvalue weighted by molar-refractivity contribution is 6.30. The van der Waals surface area contributed by atoms with Crippen LogP contribution in [0.15, 0.2) is 30.5 Å². The fourth-order valence-electron chi connectivity index (χ4n) is 4.23. The molecule has 2 aliphatic heterocycles. The van der Waals surface area contributed by atoms with Crippen molar-refractivity contribution in [2.24, 2.45) is 0 Å². The van der Waals surface area contributed by atoms with Crippen LogP contribution in [0.4, 0.5) is 5.69 Å². The van der Waals surface area contributed by atoms with E-state index in [2.05, 4.69) is 16.4 Å². The number of aryl methyl sites for hydroxylation is 2. The van der Waals surface area contributed by atoms with E-state index in [4.69, 9.17) is 16.6 Å². The molecule has 4 rings (SSSR count). The molecule has 0 radical (unpaired) electrons. The van der Waals surface area contributed by atoms with Gasteiger partial charge in [-0.05, 0) is 67.3 Å². The summed E-state index contributed by atoms with van der Waals surface area (Å²) in [6.45, 7) is 2.90. The van der Waals surface area contributed by atoms with E-state index in [1.807, 2.05) is 24.3 Å². The average molecular weight is 384 g/mol. The zero-order valence-corrected chi connectivity index (χ0v) is 16.4. The molecule has 0 saturated heterocycles. The Hall–Kier alpha value is -2.07. The van der Waals surface area contributed by atoms with Crippen molar-refractivity contribution < 1.29 is 4.79 Å². The fraction of sp³-hybridized carbons (Fsp3) is 0.455. The molecule has 1 aromatic carbocycles. The molecule has 0 fully saturated rings. The Bertz CT molecular complexity index is 817. The van der Waals surface area contributed by atoms with Crippen molar-refractivity contribution in [3.63, 3.8) is 0 Å². The minimum atomic E-state index is 0.0955. The first-order chi connectivity index (χ1) is 13.2. The molecule has 3 heterocycles. The third-order valence-corrected chi connectivity index (χ3v) is 5.83. The Morgan fingerprint density at radius 3 is 2.74 bits per heavy atom. The SMILES string of the molecule is O=C(CCCc1ncc2c3c1CCCN3CCC2)NCc1ccc(Cl)cc1. The van der Waals surface area contributed by atoms with Crippen molar-refractivity contribution in [2.75, 3.05) is 18.0 Å². The number of benzene rings is 1. The number of carbonyl (C=O) groups excluding carboxylic acids is 1. The molecule has 2 aromatic rings. The van der Waals surface area contributed by atoms with Crippen molar-refractivity contribution in [2.45, 2.75) is 51.5 Å². The molecule has 0 bridgehead atoms. The zero-order valence-electron chi connectivity index (χ0n) is 15.6. The lowest BCUT2D eigenvalue weighted by Crippen LogP contribution is -2.35. The summed E-state index contributed by atoms with van der Waals surface area (Å²) in [6.07, 6.45) is 9.07. The van der Waals surface area contributed by atoms with E-state index >= 15 is 0 Å². The summed E-state index contributed by atoms with van der Waals surface area (Å²) < 4.78 is 0. The molecule has 0 unspecified atom stereocenters. The predicted molar refractivity (Wildman–Crippen MR) is 109 cm³/mol. The number of pyridine rings is 1. The van der Waals surface area contributed by atoms with Gasteiger partial charge in [0.25, 0.3) is 0 Å². The number of hydrogen-bond donors (Lipinski definition) is 1. The second-order valence-corrected chi connectivity index (χ2v) is 7.94. The van der Waals surface area contributed by atoms with Crippen molar-refractivity contribution in [1.29, 1.82) is 0 Å². The Labute approximate surface area is 165 Å². The third kappa shape index (κ3) is 4.27. The van der Waals surface area contributed by atoms with Gasteiger partial charge in [0.2, 0.25) is 5.91 Å². The summed E-state index contributed by atoms with van der Waals surface area (Å²) in [6, 6.07) is 7.58. The van der Waals surface area contributed by atoms with Crippen LogP contribution in [0.2, 0.25) is 5.02 Å². The van der Waals surface area contributed by atoms with Crippen molar-refractivity contribution >= 4 is 23.2 Å². The van der Waals surface area contributed by atoms with Crippen molar-refractivity contribution in [3.05, 3.63) is 57.9 Å². The molecule has 1 aromatic heterocycles. The molecular weight excluding hydrogens is 358 g/mol. The maximum absolute atomic E-state index is 12.2. The summed E-state index contributed by atoms with van der Waals surface area (Å²) in [5, 5.41) is 3.70. The van der Waals surface area contributed by atoms with Crippen molar-refractivity contribution in [1.82, 2.24) is 10.3 Å². The van der Waals surface area contributed by atoms with E-state index in [0.717, 1.165) is 31.2 Å². The van der Waals surface area contributed by atoms with Gasteiger partial charge in [-0.25, -0.2) is 0 Å². The van der Waals surface area contributed by atoms with E-state index in [1.54, 1.807) is 0 Å². The van der Waals surface area contributed by atoms with Crippen LogP contribution in [0.5, 0.6) is 0 Å². The van der Waals surface area contributed by atoms with E-state index in [-0.39, 0.29) is 5.91 Å². The highest BCUT2D eigenvalue weighted by atomic mass is 35.5. The first kappa shape index (κ1) is 18.3. The zero-order chi connectivity index (χ0) is 18.6. The molecular formula is C22H26ClN3O. The second kappa shape index (κ2) is 8.30. The topological polar surface area (TPSA) is 45.2 Å². The van der Waals surface area contributed by atoms with Crippen LogP contribution in [-0.4, -0.2) is 24.0 Å². The van der Waals surface area contributed by atoms with Crippen LogP contribution in [0, 0.1) is 0 Å². The maximum atomic E-state index is 12.2. The van der Waals surface area contributed by atoms with Gasteiger partial charge in [0.05, 0.1) is 0 Å². The molecule has 1 N–H and O–H groups in total. The Kier molecular flexibility index (Phi) is 5.63. The van der Waals surface area contributed by atoms with Crippen LogP contribution in [0.1, 0.15) is 48.1 Å². The van der Waals surface area contributed by atoms with Crippen LogP contribution >= 0.6 is 11.6 Å². The van der Waals surface area contributed by atoms with Crippen LogP contribution in [0.3, 0.4) is 0 Å². The van der Waals surface area contributed by atoms with Crippen molar-refractivity contribution in [3.8, 4) is 0 Å². The highest BCUT2D eigenvalue weighted by Gasteiger charge is 2.26. The number of halogens is 1. The number of amides is 1. The van der Waals surface area contributed by atoms with E-state index in [1.165, 1.54) is 48.4 Å². The molecule has 0 saturated carbocycles. The molecule has 0 aliphatic carbocycles. The van der Waals surface area contributed by atoms with Gasteiger partial charge in [-0.3, -0.25) is 9.78 Å². The first-order valence-electron chi connectivity index (χ1n) is 9.96. The molecule has 0 atom stereocenters. The predicted octanol–water partition coefficient (Wildman–Crippen LogP) is 4.07. The molecule has 27 heavy (non-hydrogen) atoms. The van der Waals surface area contributed by atoms with E-state index < -0.39 is 0 Å². The lowest BCUT2D eigenvalue weighted by molar-refractivity contribution is -0.121. The van der Waals surface area contributed by atoms with Gasteiger partial charge in [0.15, 0.2) is 0 Å². The van der Waals surface area contributed by atoms with E-state index in [0.29, 0.717) is 18.0 Å². The highest BCUT2D eigenvalue weighted by Crippen LogP contribution is 2.36. The average Bonchev–Trinajstić information content (AvgIpc) is 2.69. The van der Waals surface area contributed by atoms with Gasteiger partial charge < -0.3 is 10.2 Å². The van der Waals surface area contributed by atoms with E-state index in [9.17, 15) is 4.79 Å². The number of rotatable bonds is 6. The normalized spacial score (nSPS) is 15.4. The molecule has 4 nitrogen and oxygen atoms in total. The fourth-order valence-corrected chi connectivity index (χ4v) is 4.36. The number of anilines is 1. The number of nitrogens with one attached hydrogen (secondary N) is 1. The lowest BCUT2D eigenvalue weighted by atomic mass is 9.91. The van der Waals surface area contributed by atoms with Crippen LogP contribution in [0.25, 0.3) is 0 Å². The standard InChI is InChI=1S/C22H26ClN3O/c23-18-10-8-16(9-11-18)14-25-21(27)7-1-6-20-19-5-3-13-26-12-2-4-17(15-24-20)22(19)26/h8-11,15H,1-7,12-14H2,(H,25,27). The van der Waals surface area contributed by atoms with Gasteiger partial charge >= 0.3 is 0 Å². The number of carbonyl (C=O) groups is 1. The van der Waals surface area contributed by atoms with Gasteiger partial charge in [0, 0.05) is 48.7 Å². The second-order valence-electron chi connectivity index (χ2n) is 7.51. The smallest absolute Gasteiger partial charge is 0.220 e. The number of hydrogen-bond acceptors (Lipinski definition) is 3. The molecule has 5 heteroatoms. The summed E-state index contributed by atoms with van der Waals surface area (Å²) in [4.78, 5) is 19.5. The Morgan fingerprint density at radius 2 is 1.93 bits per heavy atom. The monoisotopic (exact) mass is 383 g/mol. The molecule has 142 valence electrons. The lowest BCUT2D eigenvalue weighted by Gasteiger charge is -2.37. The summed E-state index contributed by atoms with van der Waals surface area (Å²) in [5.41, 5.74) is 6.59. The van der Waals surface area contributed by atoms with Gasteiger partial charge in [0.1, 0.15) is 0 Å². The quantitative estimate of drug-likeness (QED) is 0.817. The number of aromatic nitrogens is 1.